The van der Waals surface area contributed by atoms with Crippen LogP contribution in [0.2, 0.25) is 0 Å². The fourth-order valence-electron chi connectivity index (χ4n) is 3.76. The minimum absolute atomic E-state index is 0.0116. The molecular formula is C17H21N5O3S. The number of carboxylic acid groups (broad SMARTS) is 1. The van der Waals surface area contributed by atoms with E-state index in [9.17, 15) is 14.1 Å². The van der Waals surface area contributed by atoms with E-state index in [0.29, 0.717) is 18.8 Å². The molecule has 3 unspecified atom stereocenters. The van der Waals surface area contributed by atoms with Crippen LogP contribution in [0.4, 0.5) is 0 Å². The van der Waals surface area contributed by atoms with E-state index < -0.39 is 22.5 Å². The maximum atomic E-state index is 12.0. The molecule has 2 N–H and O–H groups in total. The molecule has 4 rings (SSSR count). The molecule has 0 spiro atoms. The lowest BCUT2D eigenvalue weighted by atomic mass is 9.88. The SMILES string of the molecule is CCS(=O)N1CC(CC(=O)O)(n2cc(C3=CNC4N=CC=CC34)cn2)C1. The summed E-state index contributed by atoms with van der Waals surface area (Å²) in [7, 11) is -1.07. The van der Waals surface area contributed by atoms with Crippen LogP contribution >= 0.6 is 0 Å². The van der Waals surface area contributed by atoms with Crippen molar-refractivity contribution >= 4 is 28.7 Å². The molecule has 1 fully saturated rings. The van der Waals surface area contributed by atoms with Crippen molar-refractivity contribution in [2.75, 3.05) is 18.8 Å². The molecule has 1 saturated heterocycles. The second-order valence-electron chi connectivity index (χ2n) is 6.80. The van der Waals surface area contributed by atoms with E-state index in [0.717, 1.165) is 11.1 Å². The molecule has 0 aliphatic carbocycles. The smallest absolute Gasteiger partial charge is 0.305 e. The number of carbonyl (C=O) groups is 1. The van der Waals surface area contributed by atoms with Crippen molar-refractivity contribution in [1.82, 2.24) is 19.4 Å². The molecule has 3 aliphatic heterocycles. The fraction of sp³-hybridized carbons (Fsp3) is 0.471. The highest BCUT2D eigenvalue weighted by atomic mass is 32.2. The largest absolute Gasteiger partial charge is 0.481 e. The summed E-state index contributed by atoms with van der Waals surface area (Å²) >= 11 is 0. The van der Waals surface area contributed by atoms with E-state index in [2.05, 4.69) is 21.5 Å². The average molecular weight is 375 g/mol. The number of aliphatic carboxylic acids is 1. The Hall–Kier alpha value is -2.26. The maximum absolute atomic E-state index is 12.0. The zero-order valence-corrected chi connectivity index (χ0v) is 15.2. The molecular weight excluding hydrogens is 354 g/mol. The van der Waals surface area contributed by atoms with Crippen molar-refractivity contribution < 1.29 is 14.1 Å². The maximum Gasteiger partial charge on any atom is 0.305 e. The number of dihydropyridines is 1. The molecule has 0 saturated carbocycles. The predicted molar refractivity (Wildman–Crippen MR) is 98.7 cm³/mol. The number of aliphatic imine (C=N–C) groups is 1. The standard InChI is InChI=1S/C17H21N5O3S/c1-2-26(25)21-10-17(11-21,6-15(23)24)22-9-12(7-20-22)14-8-19-16-13(14)4-3-5-18-16/h3-5,7-9,13,16,19H,2,6,10-11H2,1H3,(H,23,24). The van der Waals surface area contributed by atoms with Gasteiger partial charge in [-0.05, 0) is 11.6 Å². The number of hydrogen-bond acceptors (Lipinski definition) is 5. The van der Waals surface area contributed by atoms with Crippen LogP contribution in [0.3, 0.4) is 0 Å². The Morgan fingerprint density at radius 2 is 2.31 bits per heavy atom. The Balaban J connectivity index is 1.58. The zero-order valence-electron chi connectivity index (χ0n) is 14.4. The molecule has 4 heterocycles. The van der Waals surface area contributed by atoms with Crippen LogP contribution in [0.5, 0.6) is 0 Å². The zero-order chi connectivity index (χ0) is 18.3. The van der Waals surface area contributed by atoms with Crippen molar-refractivity contribution in [3.05, 3.63) is 36.3 Å². The number of hydrogen-bond donors (Lipinski definition) is 2. The van der Waals surface area contributed by atoms with Crippen LogP contribution < -0.4 is 5.32 Å². The van der Waals surface area contributed by atoms with E-state index in [1.807, 2.05) is 25.4 Å². The van der Waals surface area contributed by atoms with Crippen LogP contribution in [0.25, 0.3) is 5.57 Å². The van der Waals surface area contributed by atoms with Gasteiger partial charge in [-0.15, -0.1) is 0 Å². The quantitative estimate of drug-likeness (QED) is 0.758. The summed E-state index contributed by atoms with van der Waals surface area (Å²) in [6.45, 7) is 2.71. The molecule has 1 aromatic heterocycles. The lowest BCUT2D eigenvalue weighted by Gasteiger charge is -2.48. The first kappa shape index (κ1) is 17.2. The Morgan fingerprint density at radius 1 is 1.50 bits per heavy atom. The van der Waals surface area contributed by atoms with Gasteiger partial charge in [0, 0.05) is 48.9 Å². The number of nitrogens with one attached hydrogen (secondary N) is 1. The van der Waals surface area contributed by atoms with Crippen LogP contribution in [0.15, 0.2) is 35.7 Å². The third kappa shape index (κ3) is 2.80. The van der Waals surface area contributed by atoms with Crippen molar-refractivity contribution in [2.24, 2.45) is 10.9 Å². The van der Waals surface area contributed by atoms with Gasteiger partial charge in [0.05, 0.1) is 23.6 Å². The molecule has 0 amide bonds. The van der Waals surface area contributed by atoms with E-state index in [4.69, 9.17) is 0 Å². The first-order valence-electron chi connectivity index (χ1n) is 8.59. The van der Waals surface area contributed by atoms with Crippen molar-refractivity contribution in [1.29, 1.82) is 0 Å². The van der Waals surface area contributed by atoms with Crippen LogP contribution in [0.1, 0.15) is 18.9 Å². The summed E-state index contributed by atoms with van der Waals surface area (Å²) in [4.78, 5) is 15.8. The summed E-state index contributed by atoms with van der Waals surface area (Å²) < 4.78 is 15.5. The van der Waals surface area contributed by atoms with Crippen molar-refractivity contribution in [2.45, 2.75) is 25.0 Å². The number of carboxylic acids is 1. The van der Waals surface area contributed by atoms with Gasteiger partial charge >= 0.3 is 5.97 Å². The normalized spacial score (nSPS) is 27.3. The molecule has 9 heteroatoms. The molecule has 3 aliphatic rings. The van der Waals surface area contributed by atoms with E-state index >= 15 is 0 Å². The highest BCUT2D eigenvalue weighted by Gasteiger charge is 2.49. The lowest BCUT2D eigenvalue weighted by Crippen LogP contribution is -2.64. The average Bonchev–Trinajstić information content (AvgIpc) is 3.23. The Morgan fingerprint density at radius 3 is 3.04 bits per heavy atom. The predicted octanol–water partition coefficient (Wildman–Crippen LogP) is 0.579. The van der Waals surface area contributed by atoms with Gasteiger partial charge in [-0.25, -0.2) is 8.51 Å². The van der Waals surface area contributed by atoms with Crippen molar-refractivity contribution in [3.63, 3.8) is 0 Å². The highest BCUT2D eigenvalue weighted by Crippen LogP contribution is 2.37. The molecule has 3 atom stereocenters. The van der Waals surface area contributed by atoms with Gasteiger partial charge in [0.1, 0.15) is 11.7 Å². The summed E-state index contributed by atoms with van der Waals surface area (Å²) in [6, 6.07) is 0. The first-order valence-corrected chi connectivity index (χ1v) is 9.87. The van der Waals surface area contributed by atoms with Crippen LogP contribution in [0, 0.1) is 5.92 Å². The Labute approximate surface area is 153 Å². The monoisotopic (exact) mass is 375 g/mol. The summed E-state index contributed by atoms with van der Waals surface area (Å²) in [5, 5.41) is 17.1. The third-order valence-corrected chi connectivity index (χ3v) is 6.45. The lowest BCUT2D eigenvalue weighted by molar-refractivity contribution is -0.141. The second kappa shape index (κ2) is 6.48. The van der Waals surface area contributed by atoms with Gasteiger partial charge in [0.25, 0.3) is 0 Å². The van der Waals surface area contributed by atoms with E-state index in [-0.39, 0.29) is 18.5 Å². The minimum atomic E-state index is -1.07. The molecule has 0 aromatic carbocycles. The summed E-state index contributed by atoms with van der Waals surface area (Å²) in [5.41, 5.74) is 1.39. The summed E-state index contributed by atoms with van der Waals surface area (Å²) in [6.07, 6.45) is 11.4. The Bertz CT molecular complexity index is 837. The summed E-state index contributed by atoms with van der Waals surface area (Å²) in [5.74, 6) is -0.198. The topological polar surface area (TPSA) is 99.8 Å². The number of aromatic nitrogens is 2. The minimum Gasteiger partial charge on any atom is -0.481 e. The molecule has 26 heavy (non-hydrogen) atoms. The number of rotatable bonds is 6. The molecule has 1 aromatic rings. The van der Waals surface area contributed by atoms with Gasteiger partial charge in [-0.2, -0.15) is 5.10 Å². The molecule has 8 nitrogen and oxygen atoms in total. The molecule has 0 radical (unpaired) electrons. The second-order valence-corrected chi connectivity index (χ2v) is 8.53. The van der Waals surface area contributed by atoms with Gasteiger partial charge in [0.2, 0.25) is 0 Å². The van der Waals surface area contributed by atoms with Gasteiger partial charge in [-0.1, -0.05) is 13.0 Å². The molecule has 0 bridgehead atoms. The number of allylic oxidation sites excluding steroid dienone is 1. The van der Waals surface area contributed by atoms with Crippen LogP contribution in [-0.4, -0.2) is 60.6 Å². The van der Waals surface area contributed by atoms with Gasteiger partial charge < -0.3 is 10.4 Å². The van der Waals surface area contributed by atoms with Gasteiger partial charge in [-0.3, -0.25) is 14.5 Å². The number of nitrogens with zero attached hydrogens (tertiary/aromatic N) is 4. The third-order valence-electron chi connectivity index (χ3n) is 5.12. The highest BCUT2D eigenvalue weighted by molar-refractivity contribution is 7.82. The Kier molecular flexibility index (Phi) is 4.28. The van der Waals surface area contributed by atoms with E-state index in [1.165, 1.54) is 0 Å². The van der Waals surface area contributed by atoms with Crippen molar-refractivity contribution in [3.8, 4) is 0 Å². The fourth-order valence-corrected chi connectivity index (χ4v) is 4.90. The molecule has 138 valence electrons. The first-order chi connectivity index (χ1) is 12.5. The number of fused-ring (bicyclic) bond motifs is 1. The van der Waals surface area contributed by atoms with Crippen LogP contribution in [-0.2, 0) is 21.3 Å². The van der Waals surface area contributed by atoms with Gasteiger partial charge in [0.15, 0.2) is 0 Å². The van der Waals surface area contributed by atoms with E-state index in [1.54, 1.807) is 21.4 Å².